The molecular formula is C20H17N5O3S. The van der Waals surface area contributed by atoms with Crippen LogP contribution in [0.5, 0.6) is 0 Å². The monoisotopic (exact) mass is 407 g/mol. The second-order valence-corrected chi connectivity index (χ2v) is 6.80. The van der Waals surface area contributed by atoms with Gasteiger partial charge in [-0.2, -0.15) is 5.26 Å². The van der Waals surface area contributed by atoms with Crippen LogP contribution in [-0.2, 0) is 13.1 Å². The number of amides is 1. The predicted octanol–water partition coefficient (Wildman–Crippen LogP) is 2.83. The molecule has 146 valence electrons. The highest BCUT2D eigenvalue weighted by Crippen LogP contribution is 2.19. The number of nitriles is 1. The van der Waals surface area contributed by atoms with E-state index in [-0.39, 0.29) is 29.7 Å². The molecule has 0 fully saturated rings. The predicted molar refractivity (Wildman–Crippen MR) is 106 cm³/mol. The first-order valence-electron chi connectivity index (χ1n) is 8.63. The summed E-state index contributed by atoms with van der Waals surface area (Å²) in [6.07, 6.45) is 3.11. The molecule has 3 rings (SSSR count). The maximum absolute atomic E-state index is 12.4. The van der Waals surface area contributed by atoms with Crippen molar-refractivity contribution in [2.24, 2.45) is 0 Å². The Labute approximate surface area is 171 Å². The number of furan rings is 1. The third-order valence-electron chi connectivity index (χ3n) is 3.93. The summed E-state index contributed by atoms with van der Waals surface area (Å²) >= 11 is 1.25. The van der Waals surface area contributed by atoms with Crippen LogP contribution in [0.3, 0.4) is 0 Å². The van der Waals surface area contributed by atoms with Crippen LogP contribution < -0.4 is 5.32 Å². The maximum atomic E-state index is 12.4. The summed E-state index contributed by atoms with van der Waals surface area (Å²) in [5.41, 5.74) is 1.03. The fourth-order valence-electron chi connectivity index (χ4n) is 2.47. The van der Waals surface area contributed by atoms with Gasteiger partial charge < -0.3 is 14.3 Å². The van der Waals surface area contributed by atoms with Crippen molar-refractivity contribution in [3.05, 3.63) is 78.0 Å². The van der Waals surface area contributed by atoms with Crippen LogP contribution in [0.25, 0.3) is 0 Å². The minimum atomic E-state index is -0.353. The molecule has 1 N–H and O–H groups in total. The smallest absolute Gasteiger partial charge is 0.287 e. The molecule has 9 heteroatoms. The van der Waals surface area contributed by atoms with Crippen LogP contribution in [0, 0.1) is 11.3 Å². The third-order valence-corrected chi connectivity index (χ3v) is 4.89. The Kier molecular flexibility index (Phi) is 6.60. The van der Waals surface area contributed by atoms with Gasteiger partial charge in [-0.3, -0.25) is 9.59 Å². The van der Waals surface area contributed by atoms with Gasteiger partial charge in [0.05, 0.1) is 30.2 Å². The molecule has 3 aromatic rings. The van der Waals surface area contributed by atoms with Gasteiger partial charge in [-0.25, -0.2) is 0 Å². The summed E-state index contributed by atoms with van der Waals surface area (Å²) in [5.74, 6) is 0.481. The van der Waals surface area contributed by atoms with E-state index in [1.807, 2.05) is 6.07 Å². The Hall–Kier alpha value is -3.64. The molecule has 2 heterocycles. The molecule has 0 radical (unpaired) electrons. The molecule has 29 heavy (non-hydrogen) atoms. The quantitative estimate of drug-likeness (QED) is 0.329. The summed E-state index contributed by atoms with van der Waals surface area (Å²) in [4.78, 5) is 24.4. The molecule has 8 nitrogen and oxygen atoms in total. The van der Waals surface area contributed by atoms with Gasteiger partial charge in [-0.05, 0) is 24.3 Å². The van der Waals surface area contributed by atoms with Crippen LogP contribution in [0.4, 0.5) is 0 Å². The number of hydrogen-bond acceptors (Lipinski definition) is 7. The van der Waals surface area contributed by atoms with E-state index in [0.29, 0.717) is 28.7 Å². The minimum absolute atomic E-state index is 0.0830. The first-order chi connectivity index (χ1) is 14.1. The van der Waals surface area contributed by atoms with Crippen LogP contribution >= 0.6 is 11.8 Å². The van der Waals surface area contributed by atoms with Gasteiger partial charge in [0.1, 0.15) is 0 Å². The lowest BCUT2D eigenvalue weighted by Crippen LogP contribution is -2.24. The Morgan fingerprint density at radius 3 is 2.72 bits per heavy atom. The lowest BCUT2D eigenvalue weighted by atomic mass is 10.1. The highest BCUT2D eigenvalue weighted by Gasteiger charge is 2.16. The van der Waals surface area contributed by atoms with E-state index >= 15 is 0 Å². The normalized spacial score (nSPS) is 10.3. The molecule has 0 aliphatic rings. The van der Waals surface area contributed by atoms with Crippen molar-refractivity contribution < 1.29 is 14.0 Å². The number of carbonyl (C=O) groups excluding carboxylic acids is 2. The zero-order valence-electron chi connectivity index (χ0n) is 15.4. The van der Waals surface area contributed by atoms with Crippen LogP contribution in [0.15, 0.2) is 64.9 Å². The van der Waals surface area contributed by atoms with Crippen LogP contribution in [-0.4, -0.2) is 32.2 Å². The third kappa shape index (κ3) is 5.00. The van der Waals surface area contributed by atoms with Crippen molar-refractivity contribution in [1.29, 1.82) is 5.26 Å². The molecule has 0 aliphatic carbocycles. The number of benzene rings is 1. The number of Topliss-reactive ketones (excluding diaryl/α,β-unsaturated/α-hetero) is 1. The summed E-state index contributed by atoms with van der Waals surface area (Å²) in [7, 11) is 0. The van der Waals surface area contributed by atoms with Crippen molar-refractivity contribution in [3.63, 3.8) is 0 Å². The van der Waals surface area contributed by atoms with Gasteiger partial charge in [-0.1, -0.05) is 30.0 Å². The van der Waals surface area contributed by atoms with Crippen molar-refractivity contribution in [2.75, 3.05) is 5.75 Å². The molecule has 0 spiro atoms. The first-order valence-corrected chi connectivity index (χ1v) is 9.61. The molecule has 0 aliphatic heterocycles. The Balaban J connectivity index is 1.64. The van der Waals surface area contributed by atoms with Crippen molar-refractivity contribution >= 4 is 23.5 Å². The fourth-order valence-corrected chi connectivity index (χ4v) is 3.33. The van der Waals surface area contributed by atoms with Gasteiger partial charge >= 0.3 is 0 Å². The molecule has 0 unspecified atom stereocenters. The highest BCUT2D eigenvalue weighted by molar-refractivity contribution is 7.99. The zero-order valence-corrected chi connectivity index (χ0v) is 16.2. The number of hydrogen-bond donors (Lipinski definition) is 1. The number of thioether (sulfide) groups is 1. The van der Waals surface area contributed by atoms with Crippen LogP contribution in [0.2, 0.25) is 0 Å². The van der Waals surface area contributed by atoms with Crippen LogP contribution in [0.1, 0.15) is 32.3 Å². The molecule has 0 saturated heterocycles. The Morgan fingerprint density at radius 2 is 2.07 bits per heavy atom. The number of rotatable bonds is 9. The molecule has 1 amide bonds. The van der Waals surface area contributed by atoms with E-state index in [1.165, 1.54) is 18.0 Å². The summed E-state index contributed by atoms with van der Waals surface area (Å²) < 4.78 is 6.84. The van der Waals surface area contributed by atoms with Gasteiger partial charge in [0.15, 0.2) is 22.5 Å². The minimum Gasteiger partial charge on any atom is -0.459 e. The summed E-state index contributed by atoms with van der Waals surface area (Å²) in [6.45, 7) is 4.33. The van der Waals surface area contributed by atoms with E-state index in [9.17, 15) is 9.59 Å². The van der Waals surface area contributed by atoms with E-state index in [0.717, 1.165) is 0 Å². The number of nitrogens with one attached hydrogen (secondary N) is 1. The first kappa shape index (κ1) is 20.1. The van der Waals surface area contributed by atoms with E-state index in [4.69, 9.17) is 9.68 Å². The fraction of sp³-hybridized carbons (Fsp3) is 0.150. The van der Waals surface area contributed by atoms with E-state index < -0.39 is 0 Å². The average molecular weight is 407 g/mol. The second-order valence-electron chi connectivity index (χ2n) is 5.86. The number of nitrogens with zero attached hydrogens (tertiary/aromatic N) is 4. The molecular weight excluding hydrogens is 390 g/mol. The molecule has 0 atom stereocenters. The topological polar surface area (TPSA) is 114 Å². The average Bonchev–Trinajstić information content (AvgIpc) is 3.41. The number of allylic oxidation sites excluding steroid dienone is 1. The van der Waals surface area contributed by atoms with E-state index in [1.54, 1.807) is 47.0 Å². The Morgan fingerprint density at radius 1 is 1.28 bits per heavy atom. The molecule has 0 saturated carbocycles. The van der Waals surface area contributed by atoms with Gasteiger partial charge in [-0.15, -0.1) is 16.8 Å². The van der Waals surface area contributed by atoms with Gasteiger partial charge in [0.25, 0.3) is 5.91 Å². The highest BCUT2D eigenvalue weighted by atomic mass is 32.2. The summed E-state index contributed by atoms with van der Waals surface area (Å²) in [6, 6.07) is 11.7. The SMILES string of the molecule is C=CCn1c(CNC(=O)c2ccco2)nnc1SCC(=O)c1ccc(C#N)cc1. The zero-order chi connectivity index (χ0) is 20.6. The lowest BCUT2D eigenvalue weighted by molar-refractivity contribution is 0.0921. The van der Waals surface area contributed by atoms with Crippen molar-refractivity contribution in [3.8, 4) is 6.07 Å². The summed E-state index contributed by atoms with van der Waals surface area (Å²) in [5, 5.41) is 20.3. The van der Waals surface area contributed by atoms with Gasteiger partial charge in [0, 0.05) is 12.1 Å². The second kappa shape index (κ2) is 9.52. The number of aromatic nitrogens is 3. The van der Waals surface area contributed by atoms with Crippen molar-refractivity contribution in [1.82, 2.24) is 20.1 Å². The molecule has 2 aromatic heterocycles. The number of ketones is 1. The standard InChI is InChI=1S/C20H17N5O3S/c1-2-9-25-18(12-22-19(27)17-4-3-10-28-17)23-24-20(25)29-13-16(26)15-7-5-14(11-21)6-8-15/h2-8,10H,1,9,12-13H2,(H,22,27). The molecule has 0 bridgehead atoms. The van der Waals surface area contributed by atoms with E-state index in [2.05, 4.69) is 22.1 Å². The number of carbonyl (C=O) groups is 2. The van der Waals surface area contributed by atoms with Gasteiger partial charge in [0.2, 0.25) is 0 Å². The Bertz CT molecular complexity index is 1050. The largest absolute Gasteiger partial charge is 0.459 e. The lowest BCUT2D eigenvalue weighted by Gasteiger charge is -2.08. The molecule has 1 aromatic carbocycles. The maximum Gasteiger partial charge on any atom is 0.287 e. The van der Waals surface area contributed by atoms with Crippen molar-refractivity contribution in [2.45, 2.75) is 18.2 Å².